The van der Waals surface area contributed by atoms with Crippen LogP contribution in [-0.2, 0) is 6.54 Å². The zero-order chi connectivity index (χ0) is 13.4. The van der Waals surface area contributed by atoms with Crippen LogP contribution in [0.5, 0.6) is 5.75 Å². The van der Waals surface area contributed by atoms with Gasteiger partial charge in [-0.05, 0) is 22.0 Å². The van der Waals surface area contributed by atoms with Crippen molar-refractivity contribution in [3.63, 3.8) is 0 Å². The molecule has 0 radical (unpaired) electrons. The van der Waals surface area contributed by atoms with Crippen molar-refractivity contribution in [1.29, 1.82) is 0 Å². The fourth-order valence-electron chi connectivity index (χ4n) is 2.74. The van der Waals surface area contributed by atoms with Crippen LogP contribution in [-0.4, -0.2) is 53.2 Å². The molecule has 1 unspecified atom stereocenters. The Morgan fingerprint density at radius 3 is 3.11 bits per heavy atom. The Morgan fingerprint density at radius 2 is 2.26 bits per heavy atom. The third kappa shape index (κ3) is 2.42. The van der Waals surface area contributed by atoms with Crippen molar-refractivity contribution in [2.75, 3.05) is 26.2 Å². The van der Waals surface area contributed by atoms with E-state index < -0.39 is 0 Å². The molecule has 0 saturated carbocycles. The summed E-state index contributed by atoms with van der Waals surface area (Å²) in [6.45, 7) is 3.88. The highest BCUT2D eigenvalue weighted by molar-refractivity contribution is 9.10. The monoisotopic (exact) mass is 325 g/mol. The Morgan fingerprint density at radius 1 is 1.42 bits per heavy atom. The topological polar surface area (TPSA) is 55.8 Å². The standard InChI is InChI=1S/C13H16BrN3O2/c14-11-3-1-2-9(12(11)18)7-16-4-5-17-10(8-16)6-15-13(17)19/h1-3,10,18H,4-8H2,(H,15,19). The van der Waals surface area contributed by atoms with E-state index in [1.165, 1.54) is 0 Å². The Hall–Kier alpha value is -1.27. The number of urea groups is 1. The van der Waals surface area contributed by atoms with E-state index in [0.29, 0.717) is 12.3 Å². The van der Waals surface area contributed by atoms with E-state index in [4.69, 9.17) is 0 Å². The number of benzene rings is 1. The minimum Gasteiger partial charge on any atom is -0.506 e. The van der Waals surface area contributed by atoms with Crippen LogP contribution in [0.2, 0.25) is 0 Å². The number of hydrogen-bond donors (Lipinski definition) is 2. The second-order valence-electron chi connectivity index (χ2n) is 5.02. The lowest BCUT2D eigenvalue weighted by Crippen LogP contribution is -2.51. The van der Waals surface area contributed by atoms with Crippen LogP contribution in [0.25, 0.3) is 0 Å². The third-order valence-electron chi connectivity index (χ3n) is 3.78. The van der Waals surface area contributed by atoms with Gasteiger partial charge >= 0.3 is 6.03 Å². The summed E-state index contributed by atoms with van der Waals surface area (Å²) in [5.41, 5.74) is 0.917. The van der Waals surface area contributed by atoms with Gasteiger partial charge in [0, 0.05) is 38.3 Å². The van der Waals surface area contributed by atoms with E-state index in [-0.39, 0.29) is 12.1 Å². The molecule has 1 aromatic carbocycles. The summed E-state index contributed by atoms with van der Waals surface area (Å²) in [7, 11) is 0. The Balaban J connectivity index is 1.68. The zero-order valence-electron chi connectivity index (χ0n) is 10.5. The lowest BCUT2D eigenvalue weighted by molar-refractivity contribution is 0.116. The first-order valence-electron chi connectivity index (χ1n) is 6.38. The average molecular weight is 326 g/mol. The molecular weight excluding hydrogens is 310 g/mol. The Labute approximate surface area is 120 Å². The minimum absolute atomic E-state index is 0.0509. The van der Waals surface area contributed by atoms with Gasteiger partial charge in [-0.25, -0.2) is 4.79 Å². The van der Waals surface area contributed by atoms with Crippen LogP contribution in [0.4, 0.5) is 4.79 Å². The van der Waals surface area contributed by atoms with E-state index in [1.54, 1.807) is 0 Å². The molecule has 0 bridgehead atoms. The smallest absolute Gasteiger partial charge is 0.317 e. The molecule has 5 nitrogen and oxygen atoms in total. The van der Waals surface area contributed by atoms with E-state index in [1.807, 2.05) is 23.1 Å². The van der Waals surface area contributed by atoms with Crippen molar-refractivity contribution >= 4 is 22.0 Å². The van der Waals surface area contributed by atoms with Gasteiger partial charge in [-0.3, -0.25) is 4.90 Å². The molecule has 2 aliphatic heterocycles. The molecule has 0 aromatic heterocycles. The second-order valence-corrected chi connectivity index (χ2v) is 5.87. The highest BCUT2D eigenvalue weighted by Gasteiger charge is 2.35. The van der Waals surface area contributed by atoms with E-state index in [9.17, 15) is 9.90 Å². The van der Waals surface area contributed by atoms with Crippen LogP contribution >= 0.6 is 15.9 Å². The lowest BCUT2D eigenvalue weighted by Gasteiger charge is -2.36. The molecular formula is C13H16BrN3O2. The number of phenolic OH excluding ortho intramolecular Hbond substituents is 1. The number of carbonyl (C=O) groups excluding carboxylic acids is 1. The fourth-order valence-corrected chi connectivity index (χ4v) is 3.15. The summed E-state index contributed by atoms with van der Waals surface area (Å²) in [6, 6.07) is 6.00. The molecule has 2 fully saturated rings. The van der Waals surface area contributed by atoms with Gasteiger partial charge in [-0.15, -0.1) is 0 Å². The molecule has 19 heavy (non-hydrogen) atoms. The van der Waals surface area contributed by atoms with Crippen LogP contribution in [0.15, 0.2) is 22.7 Å². The van der Waals surface area contributed by atoms with Crippen LogP contribution in [0.1, 0.15) is 5.56 Å². The van der Waals surface area contributed by atoms with Gasteiger partial charge in [0.2, 0.25) is 0 Å². The van der Waals surface area contributed by atoms with Crippen molar-refractivity contribution in [2.45, 2.75) is 12.6 Å². The highest BCUT2D eigenvalue weighted by Crippen LogP contribution is 2.29. The van der Waals surface area contributed by atoms with Crippen molar-refractivity contribution in [1.82, 2.24) is 15.1 Å². The molecule has 2 heterocycles. The second kappa shape index (κ2) is 5.02. The Kier molecular flexibility index (Phi) is 3.36. The molecule has 0 aliphatic carbocycles. The van der Waals surface area contributed by atoms with Gasteiger partial charge in [-0.2, -0.15) is 0 Å². The van der Waals surface area contributed by atoms with Gasteiger partial charge < -0.3 is 15.3 Å². The summed E-state index contributed by atoms with van der Waals surface area (Å²) in [5, 5.41) is 12.9. The van der Waals surface area contributed by atoms with Gasteiger partial charge in [0.1, 0.15) is 5.75 Å². The number of amides is 2. The van der Waals surface area contributed by atoms with Crippen molar-refractivity contribution in [3.8, 4) is 5.75 Å². The number of halogens is 1. The summed E-state index contributed by atoms with van der Waals surface area (Å²) in [6.07, 6.45) is 0. The number of piperazine rings is 1. The summed E-state index contributed by atoms with van der Waals surface area (Å²) < 4.78 is 0.723. The number of hydrogen-bond acceptors (Lipinski definition) is 3. The molecule has 2 saturated heterocycles. The molecule has 1 aromatic rings. The highest BCUT2D eigenvalue weighted by atomic mass is 79.9. The summed E-state index contributed by atoms with van der Waals surface area (Å²) in [5.74, 6) is 0.311. The van der Waals surface area contributed by atoms with E-state index in [2.05, 4.69) is 26.1 Å². The van der Waals surface area contributed by atoms with E-state index >= 15 is 0 Å². The number of para-hydroxylation sites is 1. The Bertz CT molecular complexity index is 509. The predicted molar refractivity (Wildman–Crippen MR) is 75.0 cm³/mol. The number of fused-ring (bicyclic) bond motifs is 1. The first kappa shape index (κ1) is 12.7. The molecule has 0 spiro atoms. The van der Waals surface area contributed by atoms with Crippen LogP contribution in [0.3, 0.4) is 0 Å². The molecule has 3 rings (SSSR count). The molecule has 2 aliphatic rings. The number of carbonyl (C=O) groups is 1. The quantitative estimate of drug-likeness (QED) is 0.863. The maximum Gasteiger partial charge on any atom is 0.317 e. The minimum atomic E-state index is 0.0509. The van der Waals surface area contributed by atoms with Gasteiger partial charge in [0.15, 0.2) is 0 Å². The van der Waals surface area contributed by atoms with Gasteiger partial charge in [0.05, 0.1) is 10.5 Å². The molecule has 6 heteroatoms. The van der Waals surface area contributed by atoms with Crippen molar-refractivity contribution in [3.05, 3.63) is 28.2 Å². The van der Waals surface area contributed by atoms with Crippen molar-refractivity contribution in [2.24, 2.45) is 0 Å². The van der Waals surface area contributed by atoms with Gasteiger partial charge in [-0.1, -0.05) is 12.1 Å². The SMILES string of the molecule is O=C1NCC2CN(Cc3cccc(Br)c3O)CCN12. The number of rotatable bonds is 2. The number of nitrogens with zero attached hydrogens (tertiary/aromatic N) is 2. The lowest BCUT2D eigenvalue weighted by atomic mass is 10.1. The summed E-state index contributed by atoms with van der Waals surface area (Å²) in [4.78, 5) is 15.7. The fraction of sp³-hybridized carbons (Fsp3) is 0.462. The zero-order valence-corrected chi connectivity index (χ0v) is 12.1. The number of phenols is 1. The van der Waals surface area contributed by atoms with Gasteiger partial charge in [0.25, 0.3) is 0 Å². The molecule has 2 amide bonds. The van der Waals surface area contributed by atoms with E-state index in [0.717, 1.165) is 36.2 Å². The maximum atomic E-state index is 11.5. The normalized spacial score (nSPS) is 23.3. The average Bonchev–Trinajstić information content (AvgIpc) is 2.76. The number of aromatic hydroxyl groups is 1. The summed E-state index contributed by atoms with van der Waals surface area (Å²) >= 11 is 3.33. The maximum absolute atomic E-state index is 11.5. The van der Waals surface area contributed by atoms with Crippen LogP contribution < -0.4 is 5.32 Å². The largest absolute Gasteiger partial charge is 0.506 e. The first-order chi connectivity index (χ1) is 9.15. The first-order valence-corrected chi connectivity index (χ1v) is 7.17. The molecule has 2 N–H and O–H groups in total. The van der Waals surface area contributed by atoms with Crippen LogP contribution in [0, 0.1) is 0 Å². The predicted octanol–water partition coefficient (Wildman–Crippen LogP) is 1.36. The third-order valence-corrected chi connectivity index (χ3v) is 4.42. The molecule has 1 atom stereocenters. The molecule has 102 valence electrons. The number of nitrogens with one attached hydrogen (secondary N) is 1. The van der Waals surface area contributed by atoms with Crippen molar-refractivity contribution < 1.29 is 9.90 Å².